The Labute approximate surface area is 237 Å². The predicted octanol–water partition coefficient (Wildman–Crippen LogP) is 4.53. The number of amides is 2. The Kier molecular flexibility index (Phi) is 7.81. The van der Waals surface area contributed by atoms with Crippen LogP contribution in [0.5, 0.6) is 0 Å². The summed E-state index contributed by atoms with van der Waals surface area (Å²) in [6.45, 7) is 1.69. The summed E-state index contributed by atoms with van der Waals surface area (Å²) < 4.78 is 6.61. The number of carbonyl (C=O) groups is 4. The number of fused-ring (bicyclic) bond motifs is 1. The number of anilines is 1. The minimum Gasteiger partial charge on any atom is -0.454 e. The molecule has 1 aliphatic rings. The van der Waals surface area contributed by atoms with Gasteiger partial charge in [-0.05, 0) is 55.5 Å². The molecular weight excluding hydrogens is 554 g/mol. The second-order valence-corrected chi connectivity index (χ2v) is 10.4. The highest BCUT2D eigenvalue weighted by Gasteiger charge is 2.41. The molecule has 40 heavy (non-hydrogen) atoms. The van der Waals surface area contributed by atoms with Crippen LogP contribution in [0.25, 0.3) is 10.9 Å². The Balaban J connectivity index is 1.28. The lowest BCUT2D eigenvalue weighted by Gasteiger charge is -2.16. The van der Waals surface area contributed by atoms with Crippen LogP contribution in [0.15, 0.2) is 82.7 Å². The molecule has 0 saturated carbocycles. The lowest BCUT2D eigenvalue weighted by atomic mass is 10.1. The van der Waals surface area contributed by atoms with Gasteiger partial charge in [0.25, 0.3) is 5.56 Å². The zero-order valence-corrected chi connectivity index (χ0v) is 22.8. The maximum Gasteiger partial charge on any atom is 0.338 e. The molecule has 1 saturated heterocycles. The fourth-order valence-corrected chi connectivity index (χ4v) is 5.76. The lowest BCUT2D eigenvalue weighted by molar-refractivity contribution is -0.121. The molecule has 202 valence electrons. The fraction of sp³-hybridized carbons (Fsp3) is 0.172. The average Bonchev–Trinajstić information content (AvgIpc) is 3.24. The topological polar surface area (TPSA) is 116 Å². The average molecular weight is 576 g/mol. The highest BCUT2D eigenvalue weighted by Crippen LogP contribution is 2.33. The number of ketones is 1. The smallest absolute Gasteiger partial charge is 0.338 e. The number of hydrogen-bond acceptors (Lipinski definition) is 8. The Morgan fingerprint density at radius 3 is 2.42 bits per heavy atom. The molecule has 11 heteroatoms. The molecule has 2 amide bonds. The molecule has 1 fully saturated rings. The van der Waals surface area contributed by atoms with Gasteiger partial charge in [0, 0.05) is 18.5 Å². The number of halogens is 1. The molecule has 0 spiro atoms. The Morgan fingerprint density at radius 1 is 1.00 bits per heavy atom. The lowest BCUT2D eigenvalue weighted by Crippen LogP contribution is -2.31. The molecule has 1 aliphatic heterocycles. The first-order chi connectivity index (χ1) is 19.3. The molecule has 0 N–H and O–H groups in total. The molecule has 2 heterocycles. The van der Waals surface area contributed by atoms with Crippen molar-refractivity contribution in [2.45, 2.75) is 30.3 Å². The van der Waals surface area contributed by atoms with Crippen LogP contribution in [0.3, 0.4) is 0 Å². The molecule has 9 nitrogen and oxygen atoms in total. The van der Waals surface area contributed by atoms with Gasteiger partial charge in [-0.3, -0.25) is 23.7 Å². The summed E-state index contributed by atoms with van der Waals surface area (Å²) in [4.78, 5) is 69.4. The zero-order chi connectivity index (χ0) is 28.4. The van der Waals surface area contributed by atoms with E-state index in [1.54, 1.807) is 48.5 Å². The minimum absolute atomic E-state index is 0.0656. The monoisotopic (exact) mass is 575 g/mol. The van der Waals surface area contributed by atoms with E-state index in [1.807, 2.05) is 6.92 Å². The van der Waals surface area contributed by atoms with Gasteiger partial charge in [0.2, 0.25) is 17.6 Å². The predicted molar refractivity (Wildman–Crippen MR) is 151 cm³/mol. The maximum absolute atomic E-state index is 13.3. The summed E-state index contributed by atoms with van der Waals surface area (Å²) in [5.41, 5.74) is 0.999. The quantitative estimate of drug-likeness (QED) is 0.130. The number of carbonyl (C=O) groups excluding carboxylic acids is 4. The Morgan fingerprint density at radius 2 is 1.70 bits per heavy atom. The third-order valence-electron chi connectivity index (χ3n) is 6.37. The first kappa shape index (κ1) is 27.3. The van der Waals surface area contributed by atoms with Crippen molar-refractivity contribution < 1.29 is 23.9 Å². The van der Waals surface area contributed by atoms with Crippen LogP contribution in [0.1, 0.15) is 34.1 Å². The summed E-state index contributed by atoms with van der Waals surface area (Å²) >= 11 is 7.10. The minimum atomic E-state index is -0.765. The van der Waals surface area contributed by atoms with Gasteiger partial charge in [0.05, 0.1) is 27.2 Å². The second kappa shape index (κ2) is 11.4. The molecule has 1 aromatic heterocycles. The number of rotatable bonds is 8. The van der Waals surface area contributed by atoms with Crippen LogP contribution in [0.4, 0.5) is 5.69 Å². The van der Waals surface area contributed by atoms with Crippen LogP contribution in [0, 0.1) is 0 Å². The third-order valence-corrected chi connectivity index (χ3v) is 7.87. The van der Waals surface area contributed by atoms with Gasteiger partial charge in [-0.25, -0.2) is 14.7 Å². The number of hydrogen-bond donors (Lipinski definition) is 0. The largest absolute Gasteiger partial charge is 0.454 e. The number of imide groups is 1. The molecule has 3 aromatic carbocycles. The second-order valence-electron chi connectivity index (χ2n) is 8.86. The number of para-hydroxylation sites is 1. The zero-order valence-electron chi connectivity index (χ0n) is 21.2. The van der Waals surface area contributed by atoms with Crippen molar-refractivity contribution in [3.63, 3.8) is 0 Å². The highest BCUT2D eigenvalue weighted by molar-refractivity contribution is 8.00. The van der Waals surface area contributed by atoms with Crippen molar-refractivity contribution in [3.8, 4) is 0 Å². The van der Waals surface area contributed by atoms with E-state index in [2.05, 4.69) is 4.98 Å². The van der Waals surface area contributed by atoms with Crippen LogP contribution in [-0.4, -0.2) is 45.0 Å². The van der Waals surface area contributed by atoms with Gasteiger partial charge in [-0.2, -0.15) is 0 Å². The molecule has 1 atom stereocenters. The Hall–Kier alpha value is -4.28. The first-order valence-corrected chi connectivity index (χ1v) is 13.6. The Bertz CT molecular complexity index is 1720. The highest BCUT2D eigenvalue weighted by atomic mass is 35.5. The number of benzene rings is 3. The van der Waals surface area contributed by atoms with Crippen LogP contribution in [-0.2, 0) is 20.9 Å². The summed E-state index contributed by atoms with van der Waals surface area (Å²) in [5.74, 6) is -2.03. The van der Waals surface area contributed by atoms with Crippen LogP contribution in [0.2, 0.25) is 5.02 Å². The molecule has 0 aliphatic carbocycles. The summed E-state index contributed by atoms with van der Waals surface area (Å²) in [7, 11) is 0. The summed E-state index contributed by atoms with van der Waals surface area (Å²) in [6, 6.07) is 19.2. The van der Waals surface area contributed by atoms with E-state index in [0.29, 0.717) is 28.3 Å². The number of esters is 1. The summed E-state index contributed by atoms with van der Waals surface area (Å²) in [6.07, 6.45) is -0.0656. The van der Waals surface area contributed by atoms with Crippen molar-refractivity contribution in [2.75, 3.05) is 11.5 Å². The van der Waals surface area contributed by atoms with E-state index < -0.39 is 35.4 Å². The van der Waals surface area contributed by atoms with Crippen molar-refractivity contribution in [1.29, 1.82) is 0 Å². The number of aromatic nitrogens is 2. The number of Topliss-reactive ketones (excluding diaryl/α,β-unsaturated/α-hetero) is 1. The third kappa shape index (κ3) is 5.28. The fourth-order valence-electron chi connectivity index (χ4n) is 4.34. The van der Waals surface area contributed by atoms with E-state index in [1.165, 1.54) is 28.8 Å². The van der Waals surface area contributed by atoms with Crippen molar-refractivity contribution >= 4 is 63.5 Å². The molecule has 1 unspecified atom stereocenters. The van der Waals surface area contributed by atoms with Gasteiger partial charge in [0.1, 0.15) is 5.25 Å². The number of nitrogens with zero attached hydrogens (tertiary/aromatic N) is 3. The maximum atomic E-state index is 13.3. The molecular formula is C29H22ClN3O6S. The van der Waals surface area contributed by atoms with Crippen molar-refractivity contribution in [1.82, 2.24) is 9.55 Å². The van der Waals surface area contributed by atoms with E-state index in [9.17, 15) is 24.0 Å². The summed E-state index contributed by atoms with van der Waals surface area (Å²) in [5, 5.41) is 0.345. The van der Waals surface area contributed by atoms with Gasteiger partial charge in [0.15, 0.2) is 11.8 Å². The van der Waals surface area contributed by atoms with E-state index in [0.717, 1.165) is 16.7 Å². The number of ether oxygens (including phenoxy) is 1. The van der Waals surface area contributed by atoms with Gasteiger partial charge >= 0.3 is 5.97 Å². The van der Waals surface area contributed by atoms with Gasteiger partial charge in [-0.1, -0.05) is 47.6 Å². The van der Waals surface area contributed by atoms with Gasteiger partial charge in [-0.15, -0.1) is 0 Å². The molecule has 4 aromatic rings. The first-order valence-electron chi connectivity index (χ1n) is 12.4. The van der Waals surface area contributed by atoms with Crippen LogP contribution >= 0.6 is 23.4 Å². The van der Waals surface area contributed by atoms with E-state index in [-0.39, 0.29) is 28.1 Å². The molecule has 0 radical (unpaired) electrons. The van der Waals surface area contributed by atoms with Crippen molar-refractivity contribution in [3.05, 3.63) is 99.3 Å². The van der Waals surface area contributed by atoms with Crippen molar-refractivity contribution in [2.24, 2.45) is 0 Å². The van der Waals surface area contributed by atoms with E-state index in [4.69, 9.17) is 16.3 Å². The van der Waals surface area contributed by atoms with Crippen LogP contribution < -0.4 is 10.5 Å². The molecule has 5 rings (SSSR count). The SMILES string of the molecule is CCn1c(SC2CC(=O)N(c3ccc(C(=O)OCC(=O)c4ccccc4Cl)cc3)C2=O)nc2ccccc2c1=O. The standard InChI is InChI=1S/C29H22ClN3O6S/c1-2-32-26(36)20-8-4-6-10-22(20)31-29(32)40-24-15-25(35)33(27(24)37)18-13-11-17(12-14-18)28(38)39-16-23(34)19-7-3-5-9-21(19)30/h3-14,24H,2,15-16H2,1H3. The molecule has 0 bridgehead atoms. The normalized spacial score (nSPS) is 15.1. The van der Waals surface area contributed by atoms with E-state index >= 15 is 0 Å². The number of thioether (sulfide) groups is 1. The van der Waals surface area contributed by atoms with Gasteiger partial charge < -0.3 is 4.74 Å².